The van der Waals surface area contributed by atoms with E-state index >= 15 is 0 Å². The number of aromatic nitrogens is 1. The number of methoxy groups -OCH3 is 1. The lowest BCUT2D eigenvalue weighted by Crippen LogP contribution is -2.24. The molecule has 24 heavy (non-hydrogen) atoms. The zero-order valence-corrected chi connectivity index (χ0v) is 15.5. The van der Waals surface area contributed by atoms with Gasteiger partial charge in [0.1, 0.15) is 17.6 Å². The van der Waals surface area contributed by atoms with Crippen LogP contribution in [0.2, 0.25) is 0 Å². The highest BCUT2D eigenvalue weighted by molar-refractivity contribution is 7.73. The molecule has 0 aliphatic carbocycles. The second-order valence-corrected chi connectivity index (χ2v) is 7.69. The van der Waals surface area contributed by atoms with Gasteiger partial charge in [-0.25, -0.2) is 0 Å². The van der Waals surface area contributed by atoms with Crippen LogP contribution in [0.15, 0.2) is 12.1 Å². The van der Waals surface area contributed by atoms with Gasteiger partial charge < -0.3 is 19.8 Å². The van der Waals surface area contributed by atoms with Crippen LogP contribution >= 0.6 is 23.6 Å². The number of hydrogen-bond donors (Lipinski definition) is 2. The van der Waals surface area contributed by atoms with E-state index in [1.165, 1.54) is 11.3 Å². The lowest BCUT2D eigenvalue weighted by molar-refractivity contribution is -0.120. The van der Waals surface area contributed by atoms with E-state index in [-0.39, 0.29) is 12.0 Å². The Balaban J connectivity index is 1.68. The molecule has 3 rings (SSSR count). The molecule has 0 unspecified atom stereocenters. The lowest BCUT2D eigenvalue weighted by atomic mass is 10.1. The van der Waals surface area contributed by atoms with Gasteiger partial charge in [-0.3, -0.25) is 4.79 Å². The number of carbonyl (C=O) groups is 1. The number of ether oxygens (including phenoxy) is 2. The van der Waals surface area contributed by atoms with Gasteiger partial charge in [0.05, 0.1) is 13.5 Å². The number of rotatable bonds is 5. The summed E-state index contributed by atoms with van der Waals surface area (Å²) in [7, 11) is 1.64. The van der Waals surface area contributed by atoms with Crippen molar-refractivity contribution in [1.82, 2.24) is 10.3 Å². The normalized spacial score (nSPS) is 15.7. The molecule has 0 saturated carbocycles. The van der Waals surface area contributed by atoms with Gasteiger partial charge in [-0.1, -0.05) is 0 Å². The number of aryl methyl sites for hydroxylation is 1. The first-order valence-corrected chi connectivity index (χ1v) is 9.00. The Morgan fingerprint density at radius 3 is 3.00 bits per heavy atom. The fourth-order valence-electron chi connectivity index (χ4n) is 2.82. The van der Waals surface area contributed by atoms with Crippen LogP contribution < -0.4 is 14.8 Å². The highest BCUT2D eigenvalue weighted by atomic mass is 32.1. The third kappa shape index (κ3) is 3.62. The van der Waals surface area contributed by atoms with E-state index in [0.717, 1.165) is 39.6 Å². The number of carbonyl (C=O) groups excluding carboxylic acids is 1. The first kappa shape index (κ1) is 17.0. The van der Waals surface area contributed by atoms with E-state index in [9.17, 15) is 4.79 Å². The van der Waals surface area contributed by atoms with Gasteiger partial charge >= 0.3 is 0 Å². The van der Waals surface area contributed by atoms with Crippen LogP contribution in [0.25, 0.3) is 0 Å². The Kier molecular flexibility index (Phi) is 4.91. The molecule has 1 amide bonds. The fourth-order valence-corrected chi connectivity index (χ4v) is 4.11. The monoisotopic (exact) mass is 364 g/mol. The number of thiazole rings is 1. The van der Waals surface area contributed by atoms with Crippen molar-refractivity contribution in [2.45, 2.75) is 39.3 Å². The van der Waals surface area contributed by atoms with Crippen LogP contribution in [0.4, 0.5) is 0 Å². The molecule has 1 aliphatic rings. The number of fused-ring (bicyclic) bond motifs is 1. The summed E-state index contributed by atoms with van der Waals surface area (Å²) in [5.41, 5.74) is 3.02. The van der Waals surface area contributed by atoms with E-state index in [1.807, 2.05) is 26.0 Å². The maximum atomic E-state index is 12.2. The number of H-pyrrole nitrogens is 1. The molecule has 1 aromatic heterocycles. The van der Waals surface area contributed by atoms with Gasteiger partial charge in [0.2, 0.25) is 5.91 Å². The van der Waals surface area contributed by atoms with Crippen LogP contribution in [0.1, 0.15) is 28.6 Å². The lowest BCUT2D eigenvalue weighted by Gasteiger charge is -2.12. The molecule has 1 atom stereocenters. The summed E-state index contributed by atoms with van der Waals surface area (Å²) in [4.78, 5) is 16.2. The van der Waals surface area contributed by atoms with Gasteiger partial charge in [0, 0.05) is 34.7 Å². The molecule has 0 saturated heterocycles. The number of amides is 1. The summed E-state index contributed by atoms with van der Waals surface area (Å²) in [5, 5.41) is 2.95. The predicted octanol–water partition coefficient (Wildman–Crippen LogP) is 3.31. The van der Waals surface area contributed by atoms with E-state index in [4.69, 9.17) is 21.7 Å². The van der Waals surface area contributed by atoms with Crippen molar-refractivity contribution in [3.63, 3.8) is 0 Å². The SMILES string of the molecule is COc1cc2c(cc1CNC(=O)Cc1sc(=S)[nH]c1C)O[C@H](C)C2. The third-order valence-corrected chi connectivity index (χ3v) is 5.36. The summed E-state index contributed by atoms with van der Waals surface area (Å²) >= 11 is 6.55. The van der Waals surface area contributed by atoms with Crippen LogP contribution in [-0.2, 0) is 24.2 Å². The van der Waals surface area contributed by atoms with Crippen LogP contribution in [-0.4, -0.2) is 24.1 Å². The minimum atomic E-state index is -0.0415. The Hall–Kier alpha value is -1.86. The van der Waals surface area contributed by atoms with Crippen molar-refractivity contribution >= 4 is 29.5 Å². The minimum absolute atomic E-state index is 0.0415. The van der Waals surface area contributed by atoms with Crippen molar-refractivity contribution in [2.75, 3.05) is 7.11 Å². The molecule has 128 valence electrons. The van der Waals surface area contributed by atoms with Gasteiger partial charge in [0.25, 0.3) is 0 Å². The molecule has 2 aromatic rings. The van der Waals surface area contributed by atoms with Crippen molar-refractivity contribution in [2.24, 2.45) is 0 Å². The van der Waals surface area contributed by atoms with Gasteiger partial charge in [0.15, 0.2) is 3.95 Å². The average molecular weight is 364 g/mol. The first-order chi connectivity index (χ1) is 11.5. The Labute approximate surface area is 150 Å². The van der Waals surface area contributed by atoms with E-state index in [1.54, 1.807) is 7.11 Å². The zero-order valence-electron chi connectivity index (χ0n) is 13.9. The number of aromatic amines is 1. The first-order valence-electron chi connectivity index (χ1n) is 7.78. The van der Waals surface area contributed by atoms with Crippen LogP contribution in [0.3, 0.4) is 0 Å². The number of benzene rings is 1. The van der Waals surface area contributed by atoms with Crippen LogP contribution in [0, 0.1) is 10.9 Å². The van der Waals surface area contributed by atoms with Gasteiger partial charge in [-0.05, 0) is 38.2 Å². The molecular weight excluding hydrogens is 344 g/mol. The molecule has 1 aliphatic heterocycles. The predicted molar refractivity (Wildman–Crippen MR) is 96.6 cm³/mol. The Bertz CT molecular complexity index is 826. The highest BCUT2D eigenvalue weighted by Gasteiger charge is 2.21. The standard InChI is InChI=1S/C17H20N2O3S2/c1-9-4-11-5-13(21-3)12(6-14(11)22-9)8-18-16(20)7-15-10(2)19-17(23)24-15/h5-6,9H,4,7-8H2,1-3H3,(H,18,20)(H,19,23)/t9-/m1/s1. The van der Waals surface area contributed by atoms with Crippen molar-refractivity contribution in [1.29, 1.82) is 0 Å². The number of hydrogen-bond acceptors (Lipinski definition) is 5. The van der Waals surface area contributed by atoms with Gasteiger partial charge in [-0.15, -0.1) is 11.3 Å². The van der Waals surface area contributed by atoms with Crippen LogP contribution in [0.5, 0.6) is 11.5 Å². The summed E-state index contributed by atoms with van der Waals surface area (Å²) < 4.78 is 11.9. The van der Waals surface area contributed by atoms with E-state index in [2.05, 4.69) is 10.3 Å². The molecule has 0 bridgehead atoms. The smallest absolute Gasteiger partial charge is 0.225 e. The quantitative estimate of drug-likeness (QED) is 0.799. The molecule has 2 N–H and O–H groups in total. The second-order valence-electron chi connectivity index (χ2n) is 5.92. The third-order valence-electron chi connectivity index (χ3n) is 4.02. The number of nitrogens with one attached hydrogen (secondary N) is 2. The fraction of sp³-hybridized carbons (Fsp3) is 0.412. The molecule has 5 nitrogen and oxygen atoms in total. The highest BCUT2D eigenvalue weighted by Crippen LogP contribution is 2.34. The molecule has 0 fully saturated rings. The molecule has 0 spiro atoms. The Morgan fingerprint density at radius 2 is 2.33 bits per heavy atom. The summed E-state index contributed by atoms with van der Waals surface area (Å²) in [6.07, 6.45) is 1.39. The van der Waals surface area contributed by atoms with E-state index < -0.39 is 0 Å². The second kappa shape index (κ2) is 6.94. The molecule has 7 heteroatoms. The summed E-state index contributed by atoms with van der Waals surface area (Å²) in [5.74, 6) is 1.62. The maximum absolute atomic E-state index is 12.2. The summed E-state index contributed by atoms with van der Waals surface area (Å²) in [6, 6.07) is 3.96. The zero-order chi connectivity index (χ0) is 17.3. The van der Waals surface area contributed by atoms with Gasteiger partial charge in [-0.2, -0.15) is 0 Å². The summed E-state index contributed by atoms with van der Waals surface area (Å²) in [6.45, 7) is 4.38. The van der Waals surface area contributed by atoms with E-state index in [0.29, 0.717) is 16.9 Å². The molecular formula is C17H20N2O3S2. The minimum Gasteiger partial charge on any atom is -0.496 e. The largest absolute Gasteiger partial charge is 0.496 e. The molecule has 2 heterocycles. The van der Waals surface area contributed by atoms with Crippen molar-refractivity contribution < 1.29 is 14.3 Å². The topological polar surface area (TPSA) is 63.3 Å². The molecule has 1 aromatic carbocycles. The average Bonchev–Trinajstić information content (AvgIpc) is 3.04. The maximum Gasteiger partial charge on any atom is 0.225 e. The van der Waals surface area contributed by atoms with Crippen molar-refractivity contribution in [3.8, 4) is 11.5 Å². The van der Waals surface area contributed by atoms with Crippen molar-refractivity contribution in [3.05, 3.63) is 37.8 Å². The molecule has 0 radical (unpaired) electrons. The Morgan fingerprint density at radius 1 is 1.54 bits per heavy atom.